The Kier molecular flexibility index (Phi) is 5.94. The molecule has 0 aromatic heterocycles. The number of hydrogen-bond donors (Lipinski definition) is 1. The molecule has 24 heavy (non-hydrogen) atoms. The van der Waals surface area contributed by atoms with Crippen molar-refractivity contribution < 1.29 is 23.8 Å². The number of halogens is 1. The van der Waals surface area contributed by atoms with Crippen LogP contribution in [0.4, 0.5) is 4.39 Å². The van der Waals surface area contributed by atoms with Crippen molar-refractivity contribution in [2.45, 2.75) is 26.2 Å². The molecule has 2 unspecified atom stereocenters. The van der Waals surface area contributed by atoms with Crippen LogP contribution in [-0.4, -0.2) is 48.7 Å². The third kappa shape index (κ3) is 4.12. The second-order valence-corrected chi connectivity index (χ2v) is 6.62. The van der Waals surface area contributed by atoms with Crippen LogP contribution < -0.4 is 0 Å². The van der Waals surface area contributed by atoms with Crippen LogP contribution in [0.1, 0.15) is 25.3 Å². The number of nitrogens with zero attached hydrogens (tertiary/aromatic N) is 1. The largest absolute Gasteiger partial charge is 0.481 e. The van der Waals surface area contributed by atoms with Gasteiger partial charge in [0.1, 0.15) is 11.2 Å². The number of carbonyl (C=O) groups is 2. The Morgan fingerprint density at radius 3 is 2.83 bits per heavy atom. The number of benzene rings is 1. The van der Waals surface area contributed by atoms with Gasteiger partial charge in [0.15, 0.2) is 0 Å². The minimum Gasteiger partial charge on any atom is -0.481 e. The van der Waals surface area contributed by atoms with E-state index in [1.807, 2.05) is 0 Å². The second-order valence-electron chi connectivity index (χ2n) is 6.62. The number of ether oxygens (including phenoxy) is 1. The van der Waals surface area contributed by atoms with Crippen molar-refractivity contribution in [2.75, 3.05) is 26.8 Å². The van der Waals surface area contributed by atoms with Crippen molar-refractivity contribution in [3.05, 3.63) is 35.6 Å². The van der Waals surface area contributed by atoms with E-state index in [4.69, 9.17) is 4.74 Å². The van der Waals surface area contributed by atoms with Gasteiger partial charge >= 0.3 is 5.97 Å². The molecule has 1 fully saturated rings. The van der Waals surface area contributed by atoms with Crippen LogP contribution in [0.2, 0.25) is 0 Å². The van der Waals surface area contributed by atoms with E-state index in [-0.39, 0.29) is 30.8 Å². The van der Waals surface area contributed by atoms with Crippen molar-refractivity contribution in [2.24, 2.45) is 11.3 Å². The number of aliphatic carboxylic acids is 1. The van der Waals surface area contributed by atoms with Crippen LogP contribution >= 0.6 is 0 Å². The van der Waals surface area contributed by atoms with E-state index in [2.05, 4.69) is 0 Å². The van der Waals surface area contributed by atoms with Crippen molar-refractivity contribution in [3.63, 3.8) is 0 Å². The lowest BCUT2D eigenvalue weighted by molar-refractivity contribution is -0.159. The molecule has 1 aliphatic heterocycles. The third-order valence-corrected chi connectivity index (χ3v) is 4.62. The Balaban J connectivity index is 2.06. The lowest BCUT2D eigenvalue weighted by atomic mass is 9.80. The summed E-state index contributed by atoms with van der Waals surface area (Å²) in [5, 5.41) is 9.56. The molecule has 1 N–H and O–H groups in total. The molecule has 1 aromatic rings. The molecule has 0 spiro atoms. The zero-order valence-electron chi connectivity index (χ0n) is 14.1. The van der Waals surface area contributed by atoms with Crippen LogP contribution in [0.3, 0.4) is 0 Å². The topological polar surface area (TPSA) is 66.8 Å². The fourth-order valence-corrected chi connectivity index (χ4v) is 3.37. The van der Waals surface area contributed by atoms with Gasteiger partial charge in [0, 0.05) is 26.1 Å². The Morgan fingerprint density at radius 1 is 1.46 bits per heavy atom. The minimum atomic E-state index is -1.04. The van der Waals surface area contributed by atoms with Gasteiger partial charge in [0.2, 0.25) is 5.91 Å². The zero-order valence-corrected chi connectivity index (χ0v) is 14.1. The number of carboxylic acid groups (broad SMARTS) is 1. The molecule has 0 bridgehead atoms. The van der Waals surface area contributed by atoms with E-state index >= 15 is 0 Å². The maximum atomic E-state index is 13.3. The fraction of sp³-hybridized carbons (Fsp3) is 0.556. The number of piperidine rings is 1. The lowest BCUT2D eigenvalue weighted by Gasteiger charge is -2.40. The first-order chi connectivity index (χ1) is 11.4. The number of amides is 1. The van der Waals surface area contributed by atoms with Gasteiger partial charge < -0.3 is 14.7 Å². The summed E-state index contributed by atoms with van der Waals surface area (Å²) in [4.78, 5) is 26.0. The van der Waals surface area contributed by atoms with Crippen LogP contribution in [0.25, 0.3) is 0 Å². The molecule has 1 amide bonds. The molecule has 0 radical (unpaired) electrons. The van der Waals surface area contributed by atoms with E-state index in [1.165, 1.54) is 19.2 Å². The SMILES string of the molecule is COCC1(C(=O)O)CCCN(C(=O)C(C)Cc2cccc(F)c2)C1. The highest BCUT2D eigenvalue weighted by atomic mass is 19.1. The maximum Gasteiger partial charge on any atom is 0.313 e. The lowest BCUT2D eigenvalue weighted by Crippen LogP contribution is -2.53. The molecule has 2 atom stereocenters. The quantitative estimate of drug-likeness (QED) is 0.865. The average Bonchev–Trinajstić information content (AvgIpc) is 2.54. The summed E-state index contributed by atoms with van der Waals surface area (Å²) in [7, 11) is 1.47. The molecule has 0 aliphatic carbocycles. The van der Waals surface area contributed by atoms with Gasteiger partial charge in [-0.2, -0.15) is 0 Å². The summed E-state index contributed by atoms with van der Waals surface area (Å²) in [6, 6.07) is 6.20. The summed E-state index contributed by atoms with van der Waals surface area (Å²) in [6.07, 6.45) is 1.56. The zero-order chi connectivity index (χ0) is 17.7. The molecular formula is C18H24FNO4. The summed E-state index contributed by atoms with van der Waals surface area (Å²) in [5.41, 5.74) is -0.282. The number of methoxy groups -OCH3 is 1. The van der Waals surface area contributed by atoms with Gasteiger partial charge in [-0.3, -0.25) is 9.59 Å². The van der Waals surface area contributed by atoms with Crippen molar-refractivity contribution in [1.82, 2.24) is 4.90 Å². The number of carbonyl (C=O) groups excluding carboxylic acids is 1. The first-order valence-electron chi connectivity index (χ1n) is 8.13. The third-order valence-electron chi connectivity index (χ3n) is 4.62. The molecule has 5 nitrogen and oxygen atoms in total. The first-order valence-corrected chi connectivity index (χ1v) is 8.13. The minimum absolute atomic E-state index is 0.0877. The van der Waals surface area contributed by atoms with Gasteiger partial charge in [-0.15, -0.1) is 0 Å². The number of rotatable bonds is 6. The van der Waals surface area contributed by atoms with Crippen LogP contribution in [-0.2, 0) is 20.7 Å². The molecule has 2 rings (SSSR count). The van der Waals surface area contributed by atoms with Crippen molar-refractivity contribution >= 4 is 11.9 Å². The molecule has 1 heterocycles. The normalized spacial score (nSPS) is 22.2. The van der Waals surface area contributed by atoms with Crippen LogP contribution in [0.5, 0.6) is 0 Å². The molecule has 1 aromatic carbocycles. The average molecular weight is 337 g/mol. The maximum absolute atomic E-state index is 13.3. The molecule has 1 aliphatic rings. The summed E-state index contributed by atoms with van der Waals surface area (Å²) < 4.78 is 18.4. The van der Waals surface area contributed by atoms with Crippen molar-refractivity contribution in [3.8, 4) is 0 Å². The van der Waals surface area contributed by atoms with Crippen LogP contribution in [0.15, 0.2) is 24.3 Å². The first kappa shape index (κ1) is 18.4. The smallest absolute Gasteiger partial charge is 0.313 e. The Morgan fingerprint density at radius 2 is 2.21 bits per heavy atom. The highest BCUT2D eigenvalue weighted by Crippen LogP contribution is 2.31. The van der Waals surface area contributed by atoms with E-state index in [9.17, 15) is 19.1 Å². The van der Waals surface area contributed by atoms with Gasteiger partial charge in [0.25, 0.3) is 0 Å². The van der Waals surface area contributed by atoms with Gasteiger partial charge in [-0.05, 0) is 37.0 Å². The highest BCUT2D eigenvalue weighted by Gasteiger charge is 2.44. The Bertz CT molecular complexity index is 602. The molecular weight excluding hydrogens is 313 g/mol. The van der Waals surface area contributed by atoms with E-state index in [0.717, 1.165) is 5.56 Å². The Hall–Kier alpha value is -1.95. The molecule has 6 heteroatoms. The molecule has 0 saturated carbocycles. The van der Waals surface area contributed by atoms with E-state index in [1.54, 1.807) is 24.0 Å². The second kappa shape index (κ2) is 7.75. The number of hydrogen-bond acceptors (Lipinski definition) is 3. The highest BCUT2D eigenvalue weighted by molar-refractivity contribution is 5.81. The number of carboxylic acids is 1. The van der Waals surface area contributed by atoms with Gasteiger partial charge in [-0.1, -0.05) is 19.1 Å². The summed E-state index contributed by atoms with van der Waals surface area (Å²) in [6.45, 7) is 2.58. The van der Waals surface area contributed by atoms with E-state index < -0.39 is 11.4 Å². The molecule has 132 valence electrons. The predicted octanol–water partition coefficient (Wildman–Crippen LogP) is 2.34. The van der Waals surface area contributed by atoms with Crippen LogP contribution in [0, 0.1) is 17.2 Å². The van der Waals surface area contributed by atoms with Gasteiger partial charge in [0.05, 0.1) is 6.61 Å². The molecule has 1 saturated heterocycles. The summed E-state index contributed by atoms with van der Waals surface area (Å²) >= 11 is 0. The fourth-order valence-electron chi connectivity index (χ4n) is 3.37. The standard InChI is InChI=1S/C18H24FNO4/c1-13(9-14-5-3-6-15(19)10-14)16(21)20-8-4-7-18(11-20,12-24-2)17(22)23/h3,5-6,10,13H,4,7-9,11-12H2,1-2H3,(H,22,23). The predicted molar refractivity (Wildman–Crippen MR) is 87.0 cm³/mol. The van der Waals surface area contributed by atoms with Crippen molar-refractivity contribution in [1.29, 1.82) is 0 Å². The van der Waals surface area contributed by atoms with Gasteiger partial charge in [-0.25, -0.2) is 4.39 Å². The van der Waals surface area contributed by atoms with E-state index in [0.29, 0.717) is 25.8 Å². The number of likely N-dealkylation sites (tertiary alicyclic amines) is 1. The Labute approximate surface area is 141 Å². The monoisotopic (exact) mass is 337 g/mol. The summed E-state index contributed by atoms with van der Waals surface area (Å²) in [5.74, 6) is -1.69.